The summed E-state index contributed by atoms with van der Waals surface area (Å²) in [6, 6.07) is 5.66. The van der Waals surface area contributed by atoms with Crippen molar-refractivity contribution < 1.29 is 13.2 Å². The number of hydrogen-bond acceptors (Lipinski definition) is 3. The van der Waals surface area contributed by atoms with Gasteiger partial charge in [-0.25, -0.2) is 0 Å². The van der Waals surface area contributed by atoms with Crippen LogP contribution in [-0.4, -0.2) is 39.0 Å². The Hall–Kier alpha value is -1.40. The highest BCUT2D eigenvalue weighted by Gasteiger charge is 2.19. The van der Waals surface area contributed by atoms with E-state index >= 15 is 0 Å². The molecule has 0 radical (unpaired) electrons. The number of benzene rings is 1. The van der Waals surface area contributed by atoms with E-state index in [2.05, 4.69) is 4.40 Å². The van der Waals surface area contributed by atoms with Gasteiger partial charge in [0.25, 0.3) is 15.3 Å². The van der Waals surface area contributed by atoms with E-state index in [1.807, 2.05) is 0 Å². The van der Waals surface area contributed by atoms with Crippen LogP contribution in [0.4, 0.5) is 0 Å². The SMILES string of the molecule is CN(C)/C=N/S(=O)(=O)c1ccccc1C(=O)Cl. The van der Waals surface area contributed by atoms with Gasteiger partial charge in [0.1, 0.15) is 11.2 Å². The second-order valence-corrected chi connectivity index (χ2v) is 5.37. The molecule has 0 aliphatic heterocycles. The minimum atomic E-state index is -3.91. The van der Waals surface area contributed by atoms with Crippen LogP contribution < -0.4 is 0 Å². The maximum atomic E-state index is 11.8. The smallest absolute Gasteiger partial charge is 0.284 e. The largest absolute Gasteiger partial charge is 0.368 e. The molecule has 1 aromatic carbocycles. The lowest BCUT2D eigenvalue weighted by molar-refractivity contribution is 0.107. The quantitative estimate of drug-likeness (QED) is 0.472. The monoisotopic (exact) mass is 274 g/mol. The Bertz CT molecular complexity index is 552. The number of rotatable bonds is 4. The highest BCUT2D eigenvalue weighted by Crippen LogP contribution is 2.19. The molecule has 0 bridgehead atoms. The number of hydrogen-bond donors (Lipinski definition) is 0. The molecule has 0 aromatic heterocycles. The average Bonchev–Trinajstić information content (AvgIpc) is 2.26. The number of nitrogens with zero attached hydrogens (tertiary/aromatic N) is 2. The first-order chi connectivity index (χ1) is 7.84. The fraction of sp³-hybridized carbons (Fsp3) is 0.200. The van der Waals surface area contributed by atoms with E-state index in [0.29, 0.717) is 0 Å². The number of sulfonamides is 1. The third kappa shape index (κ3) is 3.54. The topological polar surface area (TPSA) is 66.8 Å². The van der Waals surface area contributed by atoms with Crippen molar-refractivity contribution in [3.63, 3.8) is 0 Å². The molecule has 0 aliphatic rings. The molecule has 0 unspecified atom stereocenters. The van der Waals surface area contributed by atoms with E-state index in [9.17, 15) is 13.2 Å². The van der Waals surface area contributed by atoms with Crippen molar-refractivity contribution in [2.75, 3.05) is 14.1 Å². The Morgan fingerprint density at radius 2 is 1.94 bits per heavy atom. The Kier molecular flexibility index (Phi) is 4.25. The Morgan fingerprint density at radius 3 is 2.47 bits per heavy atom. The second-order valence-electron chi connectivity index (χ2n) is 3.43. The molecule has 0 saturated carbocycles. The summed E-state index contributed by atoms with van der Waals surface area (Å²) in [5.41, 5.74) is -0.0786. The van der Waals surface area contributed by atoms with Gasteiger partial charge in [0, 0.05) is 14.1 Å². The molecule has 0 heterocycles. The van der Waals surface area contributed by atoms with Crippen molar-refractivity contribution in [2.24, 2.45) is 4.40 Å². The van der Waals surface area contributed by atoms with E-state index < -0.39 is 15.3 Å². The van der Waals surface area contributed by atoms with Gasteiger partial charge in [0.2, 0.25) is 0 Å². The minimum absolute atomic E-state index is 0.0786. The van der Waals surface area contributed by atoms with Crippen molar-refractivity contribution in [3.05, 3.63) is 29.8 Å². The van der Waals surface area contributed by atoms with Crippen molar-refractivity contribution in [1.82, 2.24) is 4.90 Å². The van der Waals surface area contributed by atoms with Crippen molar-refractivity contribution in [2.45, 2.75) is 4.90 Å². The Morgan fingerprint density at radius 1 is 1.35 bits per heavy atom. The van der Waals surface area contributed by atoms with Crippen molar-refractivity contribution in [3.8, 4) is 0 Å². The Balaban J connectivity index is 3.29. The van der Waals surface area contributed by atoms with Gasteiger partial charge in [0.05, 0.1) is 5.56 Å². The predicted octanol–water partition coefficient (Wildman–Crippen LogP) is 1.34. The molecule has 0 fully saturated rings. The van der Waals surface area contributed by atoms with E-state index in [4.69, 9.17) is 11.6 Å². The van der Waals surface area contributed by atoms with Gasteiger partial charge < -0.3 is 4.90 Å². The van der Waals surface area contributed by atoms with E-state index in [0.717, 1.165) is 6.34 Å². The molecule has 92 valence electrons. The standard InChI is InChI=1S/C10H11ClN2O3S/c1-13(2)7-12-17(15,16)9-6-4-3-5-8(9)10(11)14/h3-7H,1-2H3/b12-7+. The lowest BCUT2D eigenvalue weighted by atomic mass is 10.2. The van der Waals surface area contributed by atoms with Crippen LogP contribution in [0.25, 0.3) is 0 Å². The lowest BCUT2D eigenvalue weighted by Crippen LogP contribution is -2.11. The highest BCUT2D eigenvalue weighted by atomic mass is 35.5. The number of halogens is 1. The maximum absolute atomic E-state index is 11.8. The fourth-order valence-electron chi connectivity index (χ4n) is 1.07. The highest BCUT2D eigenvalue weighted by molar-refractivity contribution is 7.90. The third-order valence-corrected chi connectivity index (χ3v) is 3.28. The molecule has 0 saturated heterocycles. The Labute approximate surface area is 105 Å². The molecule has 0 amide bonds. The minimum Gasteiger partial charge on any atom is -0.368 e. The molecular weight excluding hydrogens is 264 g/mol. The van der Waals surface area contributed by atoms with E-state index in [1.165, 1.54) is 29.2 Å². The molecular formula is C10H11ClN2O3S. The molecule has 0 N–H and O–H groups in total. The average molecular weight is 275 g/mol. The molecule has 7 heteroatoms. The maximum Gasteiger partial charge on any atom is 0.284 e. The first-order valence-corrected chi connectivity index (χ1v) is 6.42. The van der Waals surface area contributed by atoms with Crippen LogP contribution in [-0.2, 0) is 10.0 Å². The summed E-state index contributed by atoms with van der Waals surface area (Å²) >= 11 is 5.31. The summed E-state index contributed by atoms with van der Waals surface area (Å²) in [6.45, 7) is 0. The van der Waals surface area contributed by atoms with E-state index in [1.54, 1.807) is 14.1 Å². The first kappa shape index (κ1) is 13.7. The van der Waals surface area contributed by atoms with Gasteiger partial charge in [-0.3, -0.25) is 4.79 Å². The second kappa shape index (κ2) is 5.29. The zero-order valence-corrected chi connectivity index (χ0v) is 10.9. The van der Waals surface area contributed by atoms with Gasteiger partial charge in [-0.2, -0.15) is 8.42 Å². The van der Waals surface area contributed by atoms with Crippen LogP contribution in [0.3, 0.4) is 0 Å². The zero-order chi connectivity index (χ0) is 13.1. The summed E-state index contributed by atoms with van der Waals surface area (Å²) in [6.07, 6.45) is 1.14. The normalized spacial score (nSPS) is 11.7. The predicted molar refractivity (Wildman–Crippen MR) is 66.0 cm³/mol. The molecule has 1 aromatic rings. The van der Waals surface area contributed by atoms with Crippen LogP contribution in [0, 0.1) is 0 Å². The summed E-state index contributed by atoms with van der Waals surface area (Å²) in [7, 11) is -0.635. The summed E-state index contributed by atoms with van der Waals surface area (Å²) in [5.74, 6) is 0. The van der Waals surface area contributed by atoms with E-state index in [-0.39, 0.29) is 10.5 Å². The zero-order valence-electron chi connectivity index (χ0n) is 9.29. The summed E-state index contributed by atoms with van der Waals surface area (Å²) in [5, 5.41) is -0.829. The van der Waals surface area contributed by atoms with Crippen molar-refractivity contribution >= 4 is 33.2 Å². The molecule has 0 atom stereocenters. The summed E-state index contributed by atoms with van der Waals surface area (Å²) in [4.78, 5) is 12.4. The molecule has 17 heavy (non-hydrogen) atoms. The van der Waals surface area contributed by atoms with Crippen LogP contribution in [0.5, 0.6) is 0 Å². The lowest BCUT2D eigenvalue weighted by Gasteiger charge is -2.05. The molecule has 0 aliphatic carbocycles. The van der Waals surface area contributed by atoms with Crippen LogP contribution in [0.15, 0.2) is 33.6 Å². The molecule has 1 rings (SSSR count). The van der Waals surface area contributed by atoms with Gasteiger partial charge in [0.15, 0.2) is 0 Å². The number of carbonyl (C=O) groups is 1. The summed E-state index contributed by atoms with van der Waals surface area (Å²) < 4.78 is 27.1. The van der Waals surface area contributed by atoms with Crippen LogP contribution >= 0.6 is 11.6 Å². The van der Waals surface area contributed by atoms with Crippen LogP contribution in [0.1, 0.15) is 10.4 Å². The van der Waals surface area contributed by atoms with Gasteiger partial charge in [-0.1, -0.05) is 12.1 Å². The van der Waals surface area contributed by atoms with Gasteiger partial charge in [-0.15, -0.1) is 4.40 Å². The first-order valence-electron chi connectivity index (χ1n) is 4.60. The van der Waals surface area contributed by atoms with Gasteiger partial charge >= 0.3 is 0 Å². The molecule has 0 spiro atoms. The van der Waals surface area contributed by atoms with Gasteiger partial charge in [-0.05, 0) is 23.7 Å². The van der Waals surface area contributed by atoms with Crippen LogP contribution in [0.2, 0.25) is 0 Å². The molecule has 5 nitrogen and oxygen atoms in total. The third-order valence-electron chi connectivity index (χ3n) is 1.79. The fourth-order valence-corrected chi connectivity index (χ4v) is 2.40. The number of carbonyl (C=O) groups excluding carboxylic acids is 1. The van der Waals surface area contributed by atoms with Crippen molar-refractivity contribution in [1.29, 1.82) is 0 Å².